The maximum Gasteiger partial charge on any atom is 1.00 e. The molecule has 2 heterocycles. The molecule has 1 aliphatic heterocycles. The van der Waals surface area contributed by atoms with Crippen LogP contribution in [-0.2, 0) is 9.53 Å². The van der Waals surface area contributed by atoms with E-state index >= 15 is 0 Å². The van der Waals surface area contributed by atoms with Crippen LogP contribution in [0.5, 0.6) is 0 Å². The van der Waals surface area contributed by atoms with Gasteiger partial charge in [0, 0.05) is 12.4 Å². The Labute approximate surface area is 129 Å². The molecule has 1 aromatic heterocycles. The summed E-state index contributed by atoms with van der Waals surface area (Å²) in [5, 5.41) is 8.84. The van der Waals surface area contributed by atoms with Crippen LogP contribution in [0.2, 0.25) is 0 Å². The third kappa shape index (κ3) is 2.85. The van der Waals surface area contributed by atoms with Gasteiger partial charge in [-0.25, -0.2) is 9.79 Å². The van der Waals surface area contributed by atoms with E-state index in [1.165, 1.54) is 6.40 Å². The quantitative estimate of drug-likeness (QED) is 0.578. The van der Waals surface area contributed by atoms with E-state index in [1.54, 1.807) is 24.5 Å². The maximum atomic E-state index is 10.8. The molecule has 2 atom stereocenters. The summed E-state index contributed by atoms with van der Waals surface area (Å²) < 4.78 is 5.11. The number of carbonyl (C=O) groups is 1. The van der Waals surface area contributed by atoms with Crippen LogP contribution in [0.4, 0.5) is 0 Å². The normalized spacial score (nSPS) is 22.9. The molecule has 0 bridgehead atoms. The molecule has 6 heteroatoms. The molecule has 0 unspecified atom stereocenters. The standard InChI is InChI=1S/C9H8N2O3.K/c12-9(13)7-8(14-5-11-7)6-1-3-10-4-2-6;/h1-5,7-8H,(H,12,13);/q;+1/t7-,8+;/m0./s1. The Balaban J connectivity index is 0.00000112. The van der Waals surface area contributed by atoms with Crippen LogP contribution < -0.4 is 51.4 Å². The summed E-state index contributed by atoms with van der Waals surface area (Å²) in [6.45, 7) is 0. The topological polar surface area (TPSA) is 71.8 Å². The summed E-state index contributed by atoms with van der Waals surface area (Å²) in [5.41, 5.74) is 0.768. The van der Waals surface area contributed by atoms with Crippen LogP contribution >= 0.6 is 0 Å². The zero-order chi connectivity index (χ0) is 9.97. The van der Waals surface area contributed by atoms with E-state index in [0.29, 0.717) is 0 Å². The Morgan fingerprint density at radius 2 is 2.07 bits per heavy atom. The van der Waals surface area contributed by atoms with Gasteiger partial charge >= 0.3 is 57.4 Å². The summed E-state index contributed by atoms with van der Waals surface area (Å²) in [6.07, 6.45) is 3.84. The average molecular weight is 231 g/mol. The van der Waals surface area contributed by atoms with Crippen LogP contribution in [0.25, 0.3) is 0 Å². The van der Waals surface area contributed by atoms with Crippen LogP contribution in [0.3, 0.4) is 0 Å². The van der Waals surface area contributed by atoms with Crippen LogP contribution in [-0.4, -0.2) is 28.5 Å². The fourth-order valence-corrected chi connectivity index (χ4v) is 1.33. The second kappa shape index (κ2) is 5.71. The first-order chi connectivity index (χ1) is 6.79. The SMILES string of the molecule is O=C(O)[C@H]1N=CO[C@@H]1c1ccncc1.[K+]. The summed E-state index contributed by atoms with van der Waals surface area (Å²) >= 11 is 0. The maximum absolute atomic E-state index is 10.8. The summed E-state index contributed by atoms with van der Waals surface area (Å²) in [4.78, 5) is 18.3. The van der Waals surface area contributed by atoms with Gasteiger partial charge in [0.15, 0.2) is 18.5 Å². The molecule has 0 saturated heterocycles. The van der Waals surface area contributed by atoms with Gasteiger partial charge in [0.25, 0.3) is 0 Å². The van der Waals surface area contributed by atoms with Gasteiger partial charge in [0.05, 0.1) is 0 Å². The zero-order valence-corrected chi connectivity index (χ0v) is 11.3. The molecule has 72 valence electrons. The molecule has 0 spiro atoms. The Hall–Kier alpha value is -0.274. The third-order valence-corrected chi connectivity index (χ3v) is 2.00. The smallest absolute Gasteiger partial charge is 0.480 e. The van der Waals surface area contributed by atoms with Crippen molar-refractivity contribution in [2.45, 2.75) is 12.1 Å². The molecule has 1 N–H and O–H groups in total. The fraction of sp³-hybridized carbons (Fsp3) is 0.222. The van der Waals surface area contributed by atoms with Crippen molar-refractivity contribution < 1.29 is 66.0 Å². The molecule has 2 rings (SSSR count). The second-order valence-electron chi connectivity index (χ2n) is 2.87. The largest absolute Gasteiger partial charge is 1.00 e. The third-order valence-electron chi connectivity index (χ3n) is 2.00. The number of carboxylic acid groups (broad SMARTS) is 1. The second-order valence-corrected chi connectivity index (χ2v) is 2.87. The van der Waals surface area contributed by atoms with E-state index < -0.39 is 18.1 Å². The monoisotopic (exact) mass is 231 g/mol. The van der Waals surface area contributed by atoms with Crippen molar-refractivity contribution in [3.8, 4) is 0 Å². The first-order valence-electron chi connectivity index (χ1n) is 4.09. The number of hydrogen-bond acceptors (Lipinski definition) is 4. The molecular formula is C9H8KN2O3+. The summed E-state index contributed by atoms with van der Waals surface area (Å²) in [7, 11) is 0. The molecule has 0 aromatic carbocycles. The number of aliphatic carboxylic acids is 1. The number of aliphatic imine (C=N–C) groups is 1. The molecule has 0 radical (unpaired) electrons. The molecule has 15 heavy (non-hydrogen) atoms. The van der Waals surface area contributed by atoms with Crippen molar-refractivity contribution in [2.75, 3.05) is 0 Å². The predicted octanol–water partition coefficient (Wildman–Crippen LogP) is -2.36. The molecular weight excluding hydrogens is 223 g/mol. The number of aromatic nitrogens is 1. The van der Waals surface area contributed by atoms with Gasteiger partial charge in [-0.15, -0.1) is 0 Å². The van der Waals surface area contributed by atoms with Crippen molar-refractivity contribution >= 4 is 12.4 Å². The van der Waals surface area contributed by atoms with Crippen LogP contribution in [0.1, 0.15) is 11.7 Å². The minimum Gasteiger partial charge on any atom is -0.480 e. The molecule has 0 fully saturated rings. The summed E-state index contributed by atoms with van der Waals surface area (Å²) in [5.74, 6) is -0.986. The first-order valence-corrected chi connectivity index (χ1v) is 4.09. The van der Waals surface area contributed by atoms with Gasteiger partial charge in [0.2, 0.25) is 0 Å². The van der Waals surface area contributed by atoms with Crippen molar-refractivity contribution in [1.29, 1.82) is 0 Å². The molecule has 0 aliphatic carbocycles. The Kier molecular flexibility index (Phi) is 4.87. The number of ether oxygens (including phenoxy) is 1. The fourth-order valence-electron chi connectivity index (χ4n) is 1.33. The van der Waals surface area contributed by atoms with Crippen molar-refractivity contribution in [1.82, 2.24) is 4.98 Å². The Bertz CT molecular complexity index is 369. The minimum absolute atomic E-state index is 0. The molecule has 1 aromatic rings. The van der Waals surface area contributed by atoms with E-state index in [2.05, 4.69) is 9.98 Å². The number of rotatable bonds is 2. The molecule has 0 saturated carbocycles. The van der Waals surface area contributed by atoms with E-state index in [1.807, 2.05) is 0 Å². The van der Waals surface area contributed by atoms with Gasteiger partial charge in [-0.2, -0.15) is 0 Å². The zero-order valence-electron chi connectivity index (χ0n) is 8.20. The number of pyridine rings is 1. The molecule has 5 nitrogen and oxygen atoms in total. The Morgan fingerprint density at radius 1 is 1.40 bits per heavy atom. The van der Waals surface area contributed by atoms with E-state index in [-0.39, 0.29) is 51.4 Å². The van der Waals surface area contributed by atoms with E-state index in [9.17, 15) is 4.79 Å². The van der Waals surface area contributed by atoms with Gasteiger partial charge in [0.1, 0.15) is 0 Å². The number of nitrogens with zero attached hydrogens (tertiary/aromatic N) is 2. The average Bonchev–Trinajstić information content (AvgIpc) is 2.67. The van der Waals surface area contributed by atoms with Crippen molar-refractivity contribution in [3.05, 3.63) is 30.1 Å². The van der Waals surface area contributed by atoms with Crippen molar-refractivity contribution in [2.24, 2.45) is 4.99 Å². The number of carboxylic acids is 1. The Morgan fingerprint density at radius 3 is 2.67 bits per heavy atom. The van der Waals surface area contributed by atoms with E-state index in [4.69, 9.17) is 9.84 Å². The molecule has 1 aliphatic rings. The van der Waals surface area contributed by atoms with Crippen molar-refractivity contribution in [3.63, 3.8) is 0 Å². The van der Waals surface area contributed by atoms with Gasteiger partial charge in [-0.1, -0.05) is 0 Å². The van der Waals surface area contributed by atoms with Gasteiger partial charge < -0.3 is 9.84 Å². The first kappa shape index (κ1) is 12.8. The van der Waals surface area contributed by atoms with Gasteiger partial charge in [-0.05, 0) is 17.7 Å². The van der Waals surface area contributed by atoms with Crippen LogP contribution in [0.15, 0.2) is 29.5 Å². The summed E-state index contributed by atoms with van der Waals surface area (Å²) in [6, 6.07) is 2.59. The predicted molar refractivity (Wildman–Crippen MR) is 48.0 cm³/mol. The van der Waals surface area contributed by atoms with E-state index in [0.717, 1.165) is 5.56 Å². The van der Waals surface area contributed by atoms with Gasteiger partial charge in [-0.3, -0.25) is 4.98 Å². The van der Waals surface area contributed by atoms with Crippen LogP contribution in [0, 0.1) is 0 Å². The minimum atomic E-state index is -0.986. The molecule has 0 amide bonds. The number of hydrogen-bond donors (Lipinski definition) is 1.